The molecular formula is C16H24N5O2+. The Hall–Kier alpha value is -2.18. The number of aromatic nitrogens is 2. The maximum Gasteiger partial charge on any atom is 0.402 e. The summed E-state index contributed by atoms with van der Waals surface area (Å²) in [6.07, 6.45) is 3.40. The van der Waals surface area contributed by atoms with E-state index in [-0.39, 0.29) is 11.9 Å². The van der Waals surface area contributed by atoms with Gasteiger partial charge in [0, 0.05) is 14.1 Å². The first-order chi connectivity index (χ1) is 10.9. The molecule has 7 nitrogen and oxygen atoms in total. The fourth-order valence-corrected chi connectivity index (χ4v) is 3.37. The highest BCUT2D eigenvalue weighted by molar-refractivity contribution is 6.20. The smallest absolute Gasteiger partial charge is 0.270 e. The number of fused-ring (bicyclic) bond motifs is 3. The van der Waals surface area contributed by atoms with Crippen LogP contribution in [0.25, 0.3) is 0 Å². The van der Waals surface area contributed by atoms with Crippen molar-refractivity contribution in [1.82, 2.24) is 14.4 Å². The van der Waals surface area contributed by atoms with Crippen LogP contribution >= 0.6 is 0 Å². The molecular weight excluding hydrogens is 294 g/mol. The van der Waals surface area contributed by atoms with Gasteiger partial charge in [-0.15, -0.1) is 0 Å². The van der Waals surface area contributed by atoms with Gasteiger partial charge in [0.2, 0.25) is 11.9 Å². The molecule has 3 heterocycles. The van der Waals surface area contributed by atoms with Crippen LogP contribution in [0, 0.1) is 13.8 Å². The van der Waals surface area contributed by atoms with Gasteiger partial charge in [-0.05, 0) is 20.3 Å². The van der Waals surface area contributed by atoms with Crippen molar-refractivity contribution in [3.63, 3.8) is 0 Å². The number of rotatable bonds is 4. The largest absolute Gasteiger partial charge is 0.402 e. The Morgan fingerprint density at radius 1 is 1.13 bits per heavy atom. The minimum atomic E-state index is -0.524. The van der Waals surface area contributed by atoms with Crippen LogP contribution in [0.1, 0.15) is 43.6 Å². The van der Waals surface area contributed by atoms with Crippen molar-refractivity contribution < 1.29 is 14.2 Å². The van der Waals surface area contributed by atoms with Crippen molar-refractivity contribution in [3.05, 3.63) is 11.4 Å². The molecule has 23 heavy (non-hydrogen) atoms. The number of imide groups is 1. The quantitative estimate of drug-likeness (QED) is 0.626. The number of amides is 3. The van der Waals surface area contributed by atoms with Crippen molar-refractivity contribution >= 4 is 23.7 Å². The number of hydrogen-bond donors (Lipinski definition) is 0. The summed E-state index contributed by atoms with van der Waals surface area (Å²) in [5.74, 6) is 1.09. The average molecular weight is 318 g/mol. The van der Waals surface area contributed by atoms with Gasteiger partial charge in [0.15, 0.2) is 0 Å². The van der Waals surface area contributed by atoms with Crippen LogP contribution in [0.5, 0.6) is 0 Å². The Bertz CT molecular complexity index is 719. The highest BCUT2D eigenvalue weighted by Gasteiger charge is 2.53. The van der Waals surface area contributed by atoms with Crippen molar-refractivity contribution in [3.8, 4) is 0 Å². The van der Waals surface area contributed by atoms with Crippen molar-refractivity contribution in [2.45, 2.75) is 52.6 Å². The van der Waals surface area contributed by atoms with Gasteiger partial charge in [0.1, 0.15) is 11.4 Å². The van der Waals surface area contributed by atoms with Crippen molar-refractivity contribution in [1.29, 1.82) is 0 Å². The normalized spacial score (nSPS) is 20.0. The Balaban J connectivity index is 2.07. The van der Waals surface area contributed by atoms with Crippen LogP contribution in [0.2, 0.25) is 0 Å². The first-order valence-electron chi connectivity index (χ1n) is 8.15. The summed E-state index contributed by atoms with van der Waals surface area (Å²) in [7, 11) is 3.20. The lowest BCUT2D eigenvalue weighted by molar-refractivity contribution is -0.689. The number of carbonyl (C=O) groups is 2. The van der Waals surface area contributed by atoms with E-state index in [9.17, 15) is 9.59 Å². The average Bonchev–Trinajstić information content (AvgIpc) is 3.02. The summed E-state index contributed by atoms with van der Waals surface area (Å²) in [6, 6.07) is -0.855. The summed E-state index contributed by atoms with van der Waals surface area (Å²) < 4.78 is 4.14. The molecule has 0 aromatic carbocycles. The number of imidazole rings is 1. The van der Waals surface area contributed by atoms with Crippen LogP contribution < -0.4 is 4.57 Å². The fourth-order valence-electron chi connectivity index (χ4n) is 3.37. The fraction of sp³-hybridized carbons (Fsp3) is 0.625. The molecule has 1 fully saturated rings. The van der Waals surface area contributed by atoms with Crippen molar-refractivity contribution in [2.24, 2.45) is 4.99 Å². The van der Waals surface area contributed by atoms with Gasteiger partial charge in [0.25, 0.3) is 5.91 Å². The third kappa shape index (κ3) is 2.09. The Morgan fingerprint density at radius 2 is 1.83 bits per heavy atom. The zero-order valence-corrected chi connectivity index (χ0v) is 14.5. The van der Waals surface area contributed by atoms with Crippen LogP contribution in [0.4, 0.5) is 10.7 Å². The summed E-state index contributed by atoms with van der Waals surface area (Å²) in [5, 5.41) is 0. The Labute approximate surface area is 136 Å². The minimum absolute atomic E-state index is 0.218. The molecule has 1 atom stereocenters. The number of urea groups is 1. The predicted octanol–water partition coefficient (Wildman–Crippen LogP) is 1.69. The van der Waals surface area contributed by atoms with Gasteiger partial charge in [-0.3, -0.25) is 14.6 Å². The number of unbranched alkanes of at least 4 members (excludes halogenated alkanes) is 2. The second-order valence-electron chi connectivity index (χ2n) is 6.31. The molecule has 1 unspecified atom stereocenters. The van der Waals surface area contributed by atoms with Gasteiger partial charge in [0.05, 0.1) is 6.54 Å². The molecule has 0 saturated carbocycles. The van der Waals surface area contributed by atoms with Gasteiger partial charge >= 0.3 is 12.0 Å². The monoisotopic (exact) mass is 318 g/mol. The third-order valence-electron chi connectivity index (χ3n) is 4.93. The molecule has 2 aliphatic heterocycles. The molecule has 124 valence electrons. The number of nitrogens with zero attached hydrogens (tertiary/aromatic N) is 5. The number of hydrogen-bond acceptors (Lipinski definition) is 3. The summed E-state index contributed by atoms with van der Waals surface area (Å²) in [6.45, 7) is 7.13. The summed E-state index contributed by atoms with van der Waals surface area (Å²) in [5.41, 5.74) is 2.17. The second-order valence-corrected chi connectivity index (χ2v) is 6.31. The highest BCUT2D eigenvalue weighted by Crippen LogP contribution is 2.34. The molecule has 0 N–H and O–H groups in total. The maximum absolute atomic E-state index is 12.6. The van der Waals surface area contributed by atoms with Gasteiger partial charge < -0.3 is 0 Å². The molecule has 3 amide bonds. The van der Waals surface area contributed by atoms with E-state index in [1.807, 2.05) is 11.5 Å². The van der Waals surface area contributed by atoms with Gasteiger partial charge in [-0.2, -0.15) is 0 Å². The third-order valence-corrected chi connectivity index (χ3v) is 4.93. The first-order valence-corrected chi connectivity index (χ1v) is 8.15. The SMILES string of the molecule is CCCCC[n+]1c(C)c(C)n2c1N=C1C2C(=O)N(C)C(=O)N1C. The molecule has 0 aliphatic carbocycles. The van der Waals surface area contributed by atoms with E-state index < -0.39 is 6.04 Å². The minimum Gasteiger partial charge on any atom is -0.270 e. The van der Waals surface area contributed by atoms with E-state index in [1.54, 1.807) is 7.05 Å². The number of likely N-dealkylation sites (N-methyl/N-ethyl adjacent to an activating group) is 2. The van der Waals surface area contributed by atoms with E-state index in [0.29, 0.717) is 5.84 Å². The predicted molar refractivity (Wildman–Crippen MR) is 85.7 cm³/mol. The molecule has 0 radical (unpaired) electrons. The van der Waals surface area contributed by atoms with E-state index in [2.05, 4.69) is 23.4 Å². The molecule has 3 rings (SSSR count). The Kier molecular flexibility index (Phi) is 3.74. The van der Waals surface area contributed by atoms with E-state index >= 15 is 0 Å². The number of aliphatic imine (C=N–C) groups is 1. The van der Waals surface area contributed by atoms with E-state index in [4.69, 9.17) is 0 Å². The lowest BCUT2D eigenvalue weighted by Crippen LogP contribution is -2.56. The van der Waals surface area contributed by atoms with Crippen LogP contribution in [-0.4, -0.2) is 46.2 Å². The van der Waals surface area contributed by atoms with E-state index in [1.165, 1.54) is 16.8 Å². The lowest BCUT2D eigenvalue weighted by atomic mass is 10.1. The molecule has 1 saturated heterocycles. The summed E-state index contributed by atoms with van der Waals surface area (Å²) >= 11 is 0. The zero-order valence-electron chi connectivity index (χ0n) is 14.5. The molecule has 2 aliphatic rings. The molecule has 0 bridgehead atoms. The molecule has 1 aromatic rings. The Morgan fingerprint density at radius 3 is 2.48 bits per heavy atom. The van der Waals surface area contributed by atoms with E-state index in [0.717, 1.165) is 43.1 Å². The lowest BCUT2D eigenvalue weighted by Gasteiger charge is -2.30. The molecule has 7 heteroatoms. The van der Waals surface area contributed by atoms with Gasteiger partial charge in [-0.25, -0.2) is 13.9 Å². The van der Waals surface area contributed by atoms with Crippen LogP contribution in [0.15, 0.2) is 4.99 Å². The molecule has 1 aromatic heterocycles. The summed E-state index contributed by atoms with van der Waals surface area (Å²) in [4.78, 5) is 32.1. The topological polar surface area (TPSA) is 61.8 Å². The number of carbonyl (C=O) groups excluding carboxylic acids is 2. The standard InChI is InChI=1S/C16H24N5O2/c1-6-7-8-9-20-10(2)11(3)21-12-13(17-15(20)21)18(4)16(23)19(5)14(12)22/h12H,6-9H2,1-5H3/q+1. The van der Waals surface area contributed by atoms with Crippen LogP contribution in [0.3, 0.4) is 0 Å². The zero-order chi connectivity index (χ0) is 16.9. The maximum atomic E-state index is 12.6. The molecule has 0 spiro atoms. The highest BCUT2D eigenvalue weighted by atomic mass is 16.2. The second kappa shape index (κ2) is 5.47. The first kappa shape index (κ1) is 15.7. The van der Waals surface area contributed by atoms with Crippen molar-refractivity contribution in [2.75, 3.05) is 14.1 Å². The van der Waals surface area contributed by atoms with Crippen LogP contribution in [-0.2, 0) is 11.3 Å². The van der Waals surface area contributed by atoms with Gasteiger partial charge in [-0.1, -0.05) is 24.8 Å². The number of amidine groups is 1.